The Hall–Kier alpha value is -1.59. The summed E-state index contributed by atoms with van der Waals surface area (Å²) in [5, 5.41) is 6.37. The Morgan fingerprint density at radius 3 is 2.95 bits per heavy atom. The summed E-state index contributed by atoms with van der Waals surface area (Å²) in [5.74, 6) is 0.653. The first kappa shape index (κ1) is 15.8. The number of amides is 1. The maximum atomic E-state index is 11.4. The molecule has 2 rings (SSSR count). The van der Waals surface area contributed by atoms with Crippen LogP contribution in [0.4, 0.5) is 5.69 Å². The highest BCUT2D eigenvalue weighted by Gasteiger charge is 2.17. The molecule has 21 heavy (non-hydrogen) atoms. The van der Waals surface area contributed by atoms with Crippen molar-refractivity contribution >= 4 is 11.6 Å². The molecule has 0 fully saturated rings. The van der Waals surface area contributed by atoms with Crippen molar-refractivity contribution < 1.29 is 9.53 Å². The van der Waals surface area contributed by atoms with Gasteiger partial charge in [0.15, 0.2) is 6.61 Å². The maximum absolute atomic E-state index is 11.4. The van der Waals surface area contributed by atoms with Crippen LogP contribution in [0.15, 0.2) is 18.2 Å². The second-order valence-electron chi connectivity index (χ2n) is 5.78. The monoisotopic (exact) mass is 291 g/mol. The van der Waals surface area contributed by atoms with E-state index in [9.17, 15) is 4.79 Å². The van der Waals surface area contributed by atoms with Gasteiger partial charge >= 0.3 is 0 Å². The molecule has 1 aromatic rings. The minimum Gasteiger partial charge on any atom is -0.482 e. The lowest BCUT2D eigenvalue weighted by Gasteiger charge is -2.21. The molecule has 0 spiro atoms. The van der Waals surface area contributed by atoms with E-state index in [-0.39, 0.29) is 18.6 Å². The van der Waals surface area contributed by atoms with Crippen LogP contribution < -0.4 is 15.4 Å². The zero-order chi connectivity index (χ0) is 15.2. The van der Waals surface area contributed by atoms with Crippen LogP contribution in [-0.4, -0.2) is 44.6 Å². The van der Waals surface area contributed by atoms with Gasteiger partial charge in [0.1, 0.15) is 5.75 Å². The molecule has 0 aliphatic carbocycles. The molecule has 0 saturated carbocycles. The first-order valence-corrected chi connectivity index (χ1v) is 7.51. The lowest BCUT2D eigenvalue weighted by Crippen LogP contribution is -2.26. The van der Waals surface area contributed by atoms with E-state index in [0.29, 0.717) is 0 Å². The van der Waals surface area contributed by atoms with Gasteiger partial charge in [-0.05, 0) is 64.6 Å². The van der Waals surface area contributed by atoms with Crippen LogP contribution >= 0.6 is 0 Å². The molecule has 2 N–H and O–H groups in total. The summed E-state index contributed by atoms with van der Waals surface area (Å²) < 4.78 is 5.37. The van der Waals surface area contributed by atoms with Gasteiger partial charge in [-0.3, -0.25) is 4.79 Å². The minimum absolute atomic E-state index is 0.0936. The highest BCUT2D eigenvalue weighted by molar-refractivity contribution is 5.95. The number of nitrogens with zero attached hydrogens (tertiary/aromatic N) is 1. The first-order valence-electron chi connectivity index (χ1n) is 7.51. The summed E-state index contributed by atoms with van der Waals surface area (Å²) in [6.45, 7) is 4.36. The largest absolute Gasteiger partial charge is 0.482 e. The van der Waals surface area contributed by atoms with Gasteiger partial charge in [-0.25, -0.2) is 0 Å². The number of benzene rings is 1. The zero-order valence-electron chi connectivity index (χ0n) is 13.1. The summed E-state index contributed by atoms with van der Waals surface area (Å²) in [7, 11) is 4.19. The summed E-state index contributed by atoms with van der Waals surface area (Å²) in [6, 6.07) is 6.22. The zero-order valence-corrected chi connectivity index (χ0v) is 13.1. The van der Waals surface area contributed by atoms with E-state index in [1.54, 1.807) is 0 Å². The number of unbranched alkanes of at least 4 members (excludes halogenated alkanes) is 1. The molecule has 5 heteroatoms. The number of carbonyl (C=O) groups excluding carboxylic acids is 1. The first-order chi connectivity index (χ1) is 10.1. The van der Waals surface area contributed by atoms with Gasteiger partial charge < -0.3 is 20.3 Å². The lowest BCUT2D eigenvalue weighted by molar-refractivity contribution is -0.118. The van der Waals surface area contributed by atoms with Crippen LogP contribution in [0.1, 0.15) is 31.4 Å². The molecule has 1 aromatic carbocycles. The van der Waals surface area contributed by atoms with Gasteiger partial charge in [0.05, 0.1) is 5.69 Å². The number of nitrogens with one attached hydrogen (secondary N) is 2. The Balaban J connectivity index is 1.84. The molecular formula is C16H25N3O2. The Morgan fingerprint density at radius 1 is 1.38 bits per heavy atom. The standard InChI is InChI=1S/C16H25N3O2/c1-12(17-8-4-5-9-19(2)3)13-6-7-15-14(10-13)18-16(20)11-21-15/h6-7,10,12,17H,4-5,8-9,11H2,1-3H3,(H,18,20). The average molecular weight is 291 g/mol. The third-order valence-corrected chi connectivity index (χ3v) is 3.62. The maximum Gasteiger partial charge on any atom is 0.262 e. The third-order valence-electron chi connectivity index (χ3n) is 3.62. The van der Waals surface area contributed by atoms with E-state index in [0.717, 1.165) is 36.5 Å². The predicted octanol–water partition coefficient (Wildman–Crippen LogP) is 2.01. The van der Waals surface area contributed by atoms with Crippen LogP contribution in [0.25, 0.3) is 0 Å². The number of anilines is 1. The molecule has 0 bridgehead atoms. The Morgan fingerprint density at radius 2 is 2.19 bits per heavy atom. The second kappa shape index (κ2) is 7.43. The molecule has 1 heterocycles. The Bertz CT molecular complexity index is 488. The third kappa shape index (κ3) is 4.72. The van der Waals surface area contributed by atoms with E-state index in [4.69, 9.17) is 4.74 Å². The van der Waals surface area contributed by atoms with Crippen molar-refractivity contribution in [1.29, 1.82) is 0 Å². The molecule has 1 amide bonds. The number of rotatable bonds is 7. The molecule has 0 saturated heterocycles. The number of carbonyl (C=O) groups is 1. The molecule has 1 unspecified atom stereocenters. The fraction of sp³-hybridized carbons (Fsp3) is 0.562. The van der Waals surface area contributed by atoms with Crippen molar-refractivity contribution in [2.24, 2.45) is 0 Å². The number of ether oxygens (including phenoxy) is 1. The molecule has 116 valence electrons. The van der Waals surface area contributed by atoms with E-state index in [1.807, 2.05) is 18.2 Å². The van der Waals surface area contributed by atoms with Gasteiger partial charge in [0.2, 0.25) is 0 Å². The van der Waals surface area contributed by atoms with Crippen LogP contribution in [-0.2, 0) is 4.79 Å². The highest BCUT2D eigenvalue weighted by Crippen LogP contribution is 2.30. The predicted molar refractivity (Wildman–Crippen MR) is 84.8 cm³/mol. The van der Waals surface area contributed by atoms with Crippen molar-refractivity contribution in [3.63, 3.8) is 0 Å². The average Bonchev–Trinajstić information content (AvgIpc) is 2.45. The smallest absolute Gasteiger partial charge is 0.262 e. The van der Waals surface area contributed by atoms with Gasteiger partial charge in [0, 0.05) is 6.04 Å². The summed E-state index contributed by atoms with van der Waals surface area (Å²) in [6.07, 6.45) is 2.36. The number of hydrogen-bond donors (Lipinski definition) is 2. The molecule has 1 atom stereocenters. The summed E-state index contributed by atoms with van der Waals surface area (Å²) in [5.41, 5.74) is 1.93. The summed E-state index contributed by atoms with van der Waals surface area (Å²) >= 11 is 0. The molecule has 1 aliphatic rings. The van der Waals surface area contributed by atoms with Crippen LogP contribution in [0.3, 0.4) is 0 Å². The van der Waals surface area contributed by atoms with E-state index in [2.05, 4.69) is 36.6 Å². The quantitative estimate of drug-likeness (QED) is 0.755. The fourth-order valence-corrected chi connectivity index (χ4v) is 2.36. The van der Waals surface area contributed by atoms with Crippen molar-refractivity contribution in [2.75, 3.05) is 39.1 Å². The SMILES string of the molecule is CC(NCCCCN(C)C)c1ccc2c(c1)NC(=O)CO2. The normalized spacial score (nSPS) is 15.3. The lowest BCUT2D eigenvalue weighted by atomic mass is 10.1. The van der Waals surface area contributed by atoms with Crippen molar-refractivity contribution in [3.8, 4) is 5.75 Å². The van der Waals surface area contributed by atoms with Crippen LogP contribution in [0.5, 0.6) is 5.75 Å². The van der Waals surface area contributed by atoms with Crippen LogP contribution in [0, 0.1) is 0 Å². The molecule has 5 nitrogen and oxygen atoms in total. The minimum atomic E-state index is -0.0936. The summed E-state index contributed by atoms with van der Waals surface area (Å²) in [4.78, 5) is 13.6. The molecule has 0 aromatic heterocycles. The molecule has 0 radical (unpaired) electrons. The highest BCUT2D eigenvalue weighted by atomic mass is 16.5. The van der Waals surface area contributed by atoms with E-state index < -0.39 is 0 Å². The number of hydrogen-bond acceptors (Lipinski definition) is 4. The molecular weight excluding hydrogens is 266 g/mol. The van der Waals surface area contributed by atoms with Gasteiger partial charge in [-0.1, -0.05) is 6.07 Å². The van der Waals surface area contributed by atoms with Gasteiger partial charge in [0.25, 0.3) is 5.91 Å². The van der Waals surface area contributed by atoms with E-state index >= 15 is 0 Å². The Kier molecular flexibility index (Phi) is 5.59. The number of fused-ring (bicyclic) bond motifs is 1. The van der Waals surface area contributed by atoms with Crippen LogP contribution in [0.2, 0.25) is 0 Å². The fourth-order valence-electron chi connectivity index (χ4n) is 2.36. The van der Waals surface area contributed by atoms with Gasteiger partial charge in [-0.2, -0.15) is 0 Å². The van der Waals surface area contributed by atoms with Crippen molar-refractivity contribution in [3.05, 3.63) is 23.8 Å². The van der Waals surface area contributed by atoms with Crippen molar-refractivity contribution in [1.82, 2.24) is 10.2 Å². The van der Waals surface area contributed by atoms with Gasteiger partial charge in [-0.15, -0.1) is 0 Å². The topological polar surface area (TPSA) is 53.6 Å². The van der Waals surface area contributed by atoms with Crippen molar-refractivity contribution in [2.45, 2.75) is 25.8 Å². The Labute approximate surface area is 126 Å². The van der Waals surface area contributed by atoms with E-state index in [1.165, 1.54) is 6.42 Å². The second-order valence-corrected chi connectivity index (χ2v) is 5.78. The molecule has 1 aliphatic heterocycles.